The number of aliphatic hydroxyl groups excluding tert-OH is 1. The Bertz CT molecular complexity index is 1040. The van der Waals surface area contributed by atoms with Crippen molar-refractivity contribution in [2.75, 3.05) is 25.6 Å². The molecule has 2 aliphatic heterocycles. The van der Waals surface area contributed by atoms with Crippen molar-refractivity contribution in [3.63, 3.8) is 0 Å². The van der Waals surface area contributed by atoms with Crippen LogP contribution in [0.4, 0.5) is 5.69 Å². The molecule has 10 nitrogen and oxygen atoms in total. The summed E-state index contributed by atoms with van der Waals surface area (Å²) >= 11 is 0. The number of fused-ring (bicyclic) bond motifs is 1. The average molecular weight is 470 g/mol. The maximum Gasteiger partial charge on any atom is 0.262 e. The van der Waals surface area contributed by atoms with Gasteiger partial charge >= 0.3 is 0 Å². The first kappa shape index (κ1) is 25.1. The highest BCUT2D eigenvalue weighted by Gasteiger charge is 2.33. The minimum atomic E-state index is -0.885. The summed E-state index contributed by atoms with van der Waals surface area (Å²) in [5.41, 5.74) is 6.54. The SMILES string of the molecule is COc1ccc(C2(CCC(C)C)N=CN=N2)cc1.NCC(O)c1ccc(O)c2c1OCC(=O)N2. The van der Waals surface area contributed by atoms with E-state index in [0.717, 1.165) is 24.2 Å². The predicted molar refractivity (Wildman–Crippen MR) is 128 cm³/mol. The molecule has 2 aromatic carbocycles. The molecule has 2 atom stereocenters. The zero-order valence-corrected chi connectivity index (χ0v) is 19.6. The van der Waals surface area contributed by atoms with Crippen molar-refractivity contribution in [3.05, 3.63) is 47.5 Å². The van der Waals surface area contributed by atoms with Gasteiger partial charge in [0.2, 0.25) is 0 Å². The molecule has 182 valence electrons. The van der Waals surface area contributed by atoms with Gasteiger partial charge in [0.25, 0.3) is 5.91 Å². The summed E-state index contributed by atoms with van der Waals surface area (Å²) in [6.45, 7) is 4.31. The third kappa shape index (κ3) is 5.70. The van der Waals surface area contributed by atoms with Crippen molar-refractivity contribution >= 4 is 17.9 Å². The number of azo groups is 1. The number of anilines is 1. The van der Waals surface area contributed by atoms with Crippen LogP contribution in [0.2, 0.25) is 0 Å². The number of carbonyl (C=O) groups excluding carboxylic acids is 1. The zero-order valence-electron chi connectivity index (χ0n) is 19.6. The predicted octanol–water partition coefficient (Wildman–Crippen LogP) is 3.49. The van der Waals surface area contributed by atoms with Gasteiger partial charge in [-0.2, -0.15) is 5.11 Å². The Kier molecular flexibility index (Phi) is 8.19. The molecule has 2 heterocycles. The van der Waals surface area contributed by atoms with Gasteiger partial charge in [0.15, 0.2) is 18.0 Å². The van der Waals surface area contributed by atoms with Crippen LogP contribution >= 0.6 is 0 Å². The smallest absolute Gasteiger partial charge is 0.262 e. The third-order valence-corrected chi connectivity index (χ3v) is 5.53. The molecule has 5 N–H and O–H groups in total. The van der Waals surface area contributed by atoms with Gasteiger partial charge in [0.05, 0.1) is 13.2 Å². The Morgan fingerprint density at radius 2 is 1.97 bits per heavy atom. The van der Waals surface area contributed by atoms with Crippen LogP contribution in [0.15, 0.2) is 51.6 Å². The van der Waals surface area contributed by atoms with Gasteiger partial charge < -0.3 is 30.7 Å². The van der Waals surface area contributed by atoms with E-state index in [0.29, 0.717) is 11.5 Å². The number of aliphatic imine (C=N–C) groups is 1. The molecule has 0 saturated heterocycles. The highest BCUT2D eigenvalue weighted by atomic mass is 16.5. The number of amides is 1. The van der Waals surface area contributed by atoms with Crippen molar-refractivity contribution in [2.24, 2.45) is 26.9 Å². The lowest BCUT2D eigenvalue weighted by Crippen LogP contribution is -2.27. The van der Waals surface area contributed by atoms with E-state index in [4.69, 9.17) is 15.2 Å². The second-order valence-electron chi connectivity index (χ2n) is 8.40. The zero-order chi connectivity index (χ0) is 24.7. The Morgan fingerprint density at radius 3 is 2.56 bits per heavy atom. The van der Waals surface area contributed by atoms with Gasteiger partial charge in [0.1, 0.15) is 23.5 Å². The number of benzene rings is 2. The molecule has 0 spiro atoms. The van der Waals surface area contributed by atoms with Gasteiger partial charge in [-0.15, -0.1) is 5.11 Å². The Balaban J connectivity index is 0.000000192. The molecule has 0 saturated carbocycles. The molecular formula is C24H31N5O5. The molecule has 2 aliphatic rings. The van der Waals surface area contributed by atoms with Crippen LogP contribution < -0.4 is 20.5 Å². The van der Waals surface area contributed by atoms with Crippen LogP contribution in [0.25, 0.3) is 0 Å². The quantitative estimate of drug-likeness (QED) is 0.456. The van der Waals surface area contributed by atoms with Crippen LogP contribution in [0, 0.1) is 5.92 Å². The standard InChI is InChI=1S/C14H19N3O.C10H12N2O4/c1-11(2)8-9-14(15-10-16-17-14)12-4-6-13(18-3)7-5-12;11-3-7(14)5-1-2-6(13)9-10(5)16-4-8(15)12-9/h4-7,10-11H,8-9H2,1-3H3;1-2,7,13-14H,3-4,11H2,(H,12,15). The van der Waals surface area contributed by atoms with Gasteiger partial charge in [-0.3, -0.25) is 4.79 Å². The van der Waals surface area contributed by atoms with Gasteiger partial charge in [-0.1, -0.05) is 26.0 Å². The van der Waals surface area contributed by atoms with Crippen molar-refractivity contribution in [2.45, 2.75) is 38.5 Å². The molecule has 0 fully saturated rings. The second-order valence-corrected chi connectivity index (χ2v) is 8.40. The van der Waals surface area contributed by atoms with E-state index in [1.165, 1.54) is 12.1 Å². The highest BCUT2D eigenvalue weighted by molar-refractivity contribution is 5.97. The minimum absolute atomic E-state index is 0.0362. The summed E-state index contributed by atoms with van der Waals surface area (Å²) in [5, 5.41) is 29.9. The number of ether oxygens (including phenoxy) is 2. The van der Waals surface area contributed by atoms with Crippen LogP contribution in [0.1, 0.15) is 43.9 Å². The molecule has 0 aromatic heterocycles. The van der Waals surface area contributed by atoms with Gasteiger partial charge in [-0.25, -0.2) is 4.99 Å². The molecule has 4 rings (SSSR count). The number of phenolic OH excluding ortho intramolecular Hbond substituents is 1. The fourth-order valence-corrected chi connectivity index (χ4v) is 3.57. The van der Waals surface area contributed by atoms with Gasteiger partial charge in [0, 0.05) is 17.7 Å². The first-order valence-corrected chi connectivity index (χ1v) is 11.1. The topological polar surface area (TPSA) is 151 Å². The Morgan fingerprint density at radius 1 is 1.24 bits per heavy atom. The van der Waals surface area contributed by atoms with Gasteiger partial charge in [-0.05, 0) is 43.0 Å². The van der Waals surface area contributed by atoms with Crippen molar-refractivity contribution < 1.29 is 24.5 Å². The van der Waals surface area contributed by atoms with Crippen LogP contribution in [0.5, 0.6) is 17.2 Å². The summed E-state index contributed by atoms with van der Waals surface area (Å²) < 4.78 is 10.4. The summed E-state index contributed by atoms with van der Waals surface area (Å²) in [6.07, 6.45) is 2.62. The average Bonchev–Trinajstić information content (AvgIpc) is 3.33. The van der Waals surface area contributed by atoms with Crippen molar-refractivity contribution in [3.8, 4) is 17.2 Å². The minimum Gasteiger partial charge on any atom is -0.506 e. The van der Waals surface area contributed by atoms with Crippen LogP contribution in [-0.4, -0.2) is 42.7 Å². The van der Waals surface area contributed by atoms with E-state index in [9.17, 15) is 15.0 Å². The lowest BCUT2D eigenvalue weighted by molar-refractivity contribution is -0.118. The number of nitrogens with zero attached hydrogens (tertiary/aromatic N) is 3. The molecule has 1 amide bonds. The summed E-state index contributed by atoms with van der Waals surface area (Å²) in [5.74, 6) is 1.30. The number of methoxy groups -OCH3 is 1. The Labute approximate surface area is 198 Å². The summed E-state index contributed by atoms with van der Waals surface area (Å²) in [6, 6.07) is 10.8. The number of carbonyl (C=O) groups is 1. The second kappa shape index (κ2) is 11.1. The van der Waals surface area contributed by atoms with E-state index >= 15 is 0 Å². The van der Waals surface area contributed by atoms with Crippen molar-refractivity contribution in [1.82, 2.24) is 0 Å². The van der Waals surface area contributed by atoms with E-state index < -0.39 is 11.8 Å². The fraction of sp³-hybridized carbons (Fsp3) is 0.417. The first-order valence-electron chi connectivity index (χ1n) is 11.1. The highest BCUT2D eigenvalue weighted by Crippen LogP contribution is 2.41. The molecule has 0 radical (unpaired) electrons. The molecular weight excluding hydrogens is 438 g/mol. The number of hydrogen-bond donors (Lipinski definition) is 4. The number of hydrogen-bond acceptors (Lipinski definition) is 9. The number of aliphatic hydroxyl groups is 1. The van der Waals surface area contributed by atoms with Crippen LogP contribution in [0.3, 0.4) is 0 Å². The van der Waals surface area contributed by atoms with E-state index in [-0.39, 0.29) is 36.2 Å². The maximum absolute atomic E-state index is 11.1. The van der Waals surface area contributed by atoms with E-state index in [1.807, 2.05) is 24.3 Å². The number of nitrogens with two attached hydrogens (primary N) is 1. The molecule has 34 heavy (non-hydrogen) atoms. The first-order chi connectivity index (χ1) is 16.3. The lowest BCUT2D eigenvalue weighted by atomic mass is 9.92. The third-order valence-electron chi connectivity index (χ3n) is 5.53. The molecule has 2 unspecified atom stereocenters. The molecule has 0 bridgehead atoms. The van der Waals surface area contributed by atoms with Crippen molar-refractivity contribution in [1.29, 1.82) is 0 Å². The number of aromatic hydroxyl groups is 1. The summed E-state index contributed by atoms with van der Waals surface area (Å²) in [4.78, 5) is 15.6. The van der Waals surface area contributed by atoms with Crippen LogP contribution in [-0.2, 0) is 10.5 Å². The lowest BCUT2D eigenvalue weighted by Gasteiger charge is -2.23. The maximum atomic E-state index is 11.1. The number of nitrogens with one attached hydrogen (secondary N) is 1. The summed E-state index contributed by atoms with van der Waals surface area (Å²) in [7, 11) is 1.66. The Hall–Kier alpha value is -3.50. The molecule has 0 aliphatic carbocycles. The van der Waals surface area contributed by atoms with E-state index in [1.54, 1.807) is 13.4 Å². The molecule has 10 heteroatoms. The number of rotatable bonds is 7. The fourth-order valence-electron chi connectivity index (χ4n) is 3.57. The normalized spacial score (nSPS) is 19.1. The number of phenols is 1. The molecule has 2 aromatic rings. The monoisotopic (exact) mass is 469 g/mol. The largest absolute Gasteiger partial charge is 0.506 e. The van der Waals surface area contributed by atoms with E-state index in [2.05, 4.69) is 34.4 Å².